The van der Waals surface area contributed by atoms with Gasteiger partial charge in [-0.2, -0.15) is 0 Å². The number of hydrogen-bond acceptors (Lipinski definition) is 4. The van der Waals surface area contributed by atoms with E-state index in [4.69, 9.17) is 16.6 Å². The Balaban J connectivity index is 1.75. The molecule has 3 aromatic carbocycles. The van der Waals surface area contributed by atoms with Crippen LogP contribution in [0.4, 0.5) is 5.13 Å². The first-order valence-corrected chi connectivity index (χ1v) is 11.1. The quantitative estimate of drug-likeness (QED) is 0.342. The van der Waals surface area contributed by atoms with Gasteiger partial charge in [0, 0.05) is 15.5 Å². The van der Waals surface area contributed by atoms with Crippen LogP contribution in [-0.4, -0.2) is 17.1 Å². The van der Waals surface area contributed by atoms with Crippen LogP contribution in [0.1, 0.15) is 15.9 Å². The third kappa shape index (κ3) is 4.07. The number of amides is 1. The van der Waals surface area contributed by atoms with Crippen LogP contribution in [0.15, 0.2) is 77.7 Å². The Labute approximate surface area is 177 Å². The Morgan fingerprint density at radius 1 is 1.07 bits per heavy atom. The van der Waals surface area contributed by atoms with Gasteiger partial charge in [0.15, 0.2) is 5.13 Å². The van der Waals surface area contributed by atoms with Gasteiger partial charge in [-0.05, 0) is 54.3 Å². The average Bonchev–Trinajstić information content (AvgIpc) is 3.15. The Bertz CT molecular complexity index is 1110. The average molecular weight is 425 g/mol. The molecule has 0 bridgehead atoms. The molecule has 0 aliphatic rings. The molecular weight excluding hydrogens is 408 g/mol. The summed E-state index contributed by atoms with van der Waals surface area (Å²) in [5.41, 5.74) is 2.54. The van der Waals surface area contributed by atoms with E-state index in [0.29, 0.717) is 22.3 Å². The fraction of sp³-hybridized carbons (Fsp3) is 0.0909. The van der Waals surface area contributed by atoms with Crippen LogP contribution < -0.4 is 4.90 Å². The highest BCUT2D eigenvalue weighted by molar-refractivity contribution is 7.98. The number of nitrogens with zero attached hydrogens (tertiary/aromatic N) is 2. The standard InChI is InChI=1S/C22H17ClN2OS2/c1-27-18-11-12-19-20(13-18)28-22(24-19)25(14-15-5-3-2-4-6-15)21(26)16-7-9-17(23)10-8-16/h2-13H,14H2,1H3. The Morgan fingerprint density at radius 3 is 2.54 bits per heavy atom. The predicted octanol–water partition coefficient (Wildman–Crippen LogP) is 6.52. The predicted molar refractivity (Wildman–Crippen MR) is 120 cm³/mol. The van der Waals surface area contributed by atoms with E-state index in [0.717, 1.165) is 15.8 Å². The van der Waals surface area contributed by atoms with Gasteiger partial charge in [-0.1, -0.05) is 53.3 Å². The van der Waals surface area contributed by atoms with Crippen LogP contribution in [-0.2, 0) is 6.54 Å². The van der Waals surface area contributed by atoms with Crippen LogP contribution in [0.25, 0.3) is 10.2 Å². The lowest BCUT2D eigenvalue weighted by molar-refractivity contribution is 0.0985. The second-order valence-electron chi connectivity index (χ2n) is 6.21. The van der Waals surface area contributed by atoms with Crippen molar-refractivity contribution in [3.63, 3.8) is 0 Å². The highest BCUT2D eigenvalue weighted by atomic mass is 35.5. The van der Waals surface area contributed by atoms with Gasteiger partial charge in [0.25, 0.3) is 5.91 Å². The largest absolute Gasteiger partial charge is 0.279 e. The lowest BCUT2D eigenvalue weighted by Crippen LogP contribution is -2.30. The molecule has 1 amide bonds. The van der Waals surface area contributed by atoms with E-state index in [-0.39, 0.29) is 5.91 Å². The van der Waals surface area contributed by atoms with Crippen molar-refractivity contribution >= 4 is 56.0 Å². The van der Waals surface area contributed by atoms with E-state index >= 15 is 0 Å². The summed E-state index contributed by atoms with van der Waals surface area (Å²) in [6.45, 7) is 0.456. The number of fused-ring (bicyclic) bond motifs is 1. The van der Waals surface area contributed by atoms with Crippen molar-refractivity contribution < 1.29 is 4.79 Å². The van der Waals surface area contributed by atoms with Gasteiger partial charge in [0.2, 0.25) is 0 Å². The minimum absolute atomic E-state index is 0.0929. The van der Waals surface area contributed by atoms with Crippen LogP contribution >= 0.6 is 34.7 Å². The van der Waals surface area contributed by atoms with Crippen molar-refractivity contribution in [2.45, 2.75) is 11.4 Å². The van der Waals surface area contributed by atoms with E-state index in [2.05, 4.69) is 18.4 Å². The minimum atomic E-state index is -0.0929. The SMILES string of the molecule is CSc1ccc2nc(N(Cc3ccccc3)C(=O)c3ccc(Cl)cc3)sc2c1. The first-order valence-electron chi connectivity index (χ1n) is 8.70. The summed E-state index contributed by atoms with van der Waals surface area (Å²) in [6, 6.07) is 23.1. The lowest BCUT2D eigenvalue weighted by Gasteiger charge is -2.20. The maximum absolute atomic E-state index is 13.3. The minimum Gasteiger partial charge on any atom is -0.279 e. The summed E-state index contributed by atoms with van der Waals surface area (Å²) in [5, 5.41) is 1.30. The molecule has 0 aliphatic carbocycles. The molecule has 0 N–H and O–H groups in total. The highest BCUT2D eigenvalue weighted by Gasteiger charge is 2.22. The maximum Gasteiger partial charge on any atom is 0.260 e. The molecule has 0 unspecified atom stereocenters. The van der Waals surface area contributed by atoms with E-state index < -0.39 is 0 Å². The second-order valence-corrected chi connectivity index (χ2v) is 8.54. The number of benzene rings is 3. The number of anilines is 1. The summed E-state index contributed by atoms with van der Waals surface area (Å²) in [4.78, 5) is 21.0. The molecule has 0 fully saturated rings. The summed E-state index contributed by atoms with van der Waals surface area (Å²) >= 11 is 9.22. The molecule has 28 heavy (non-hydrogen) atoms. The van der Waals surface area contributed by atoms with Gasteiger partial charge in [0.1, 0.15) is 0 Å². The van der Waals surface area contributed by atoms with Crippen LogP contribution in [0.2, 0.25) is 5.02 Å². The zero-order valence-corrected chi connectivity index (χ0v) is 17.5. The van der Waals surface area contributed by atoms with Gasteiger partial charge in [-0.15, -0.1) is 11.8 Å². The molecule has 0 saturated carbocycles. The summed E-state index contributed by atoms with van der Waals surface area (Å²) in [6.07, 6.45) is 2.05. The van der Waals surface area contributed by atoms with E-state index in [9.17, 15) is 4.79 Å². The number of rotatable bonds is 5. The van der Waals surface area contributed by atoms with Crippen LogP contribution in [0.3, 0.4) is 0 Å². The van der Waals surface area contributed by atoms with E-state index in [1.165, 1.54) is 16.2 Å². The molecule has 6 heteroatoms. The molecule has 0 aliphatic heterocycles. The van der Waals surface area contributed by atoms with Crippen molar-refractivity contribution in [3.8, 4) is 0 Å². The normalized spacial score (nSPS) is 10.9. The topological polar surface area (TPSA) is 33.2 Å². The van der Waals surface area contributed by atoms with Gasteiger partial charge in [-0.3, -0.25) is 9.69 Å². The van der Waals surface area contributed by atoms with Gasteiger partial charge >= 0.3 is 0 Å². The second kappa shape index (κ2) is 8.35. The molecule has 1 aromatic heterocycles. The molecule has 4 rings (SSSR count). The zero-order chi connectivity index (χ0) is 19.5. The third-order valence-electron chi connectivity index (χ3n) is 4.34. The summed E-state index contributed by atoms with van der Waals surface area (Å²) in [7, 11) is 0. The highest BCUT2D eigenvalue weighted by Crippen LogP contribution is 2.33. The number of hydrogen-bond donors (Lipinski definition) is 0. The first kappa shape index (κ1) is 19.0. The molecular formula is C22H17ClN2OS2. The Hall–Kier alpha value is -2.34. The number of carbonyl (C=O) groups excluding carboxylic acids is 1. The van der Waals surface area contributed by atoms with Crippen molar-refractivity contribution in [2.24, 2.45) is 0 Å². The fourth-order valence-corrected chi connectivity index (χ4v) is 4.52. The number of thiazole rings is 1. The fourth-order valence-electron chi connectivity index (χ4n) is 2.88. The van der Waals surface area contributed by atoms with E-state index in [1.54, 1.807) is 40.9 Å². The molecule has 0 spiro atoms. The Kier molecular flexibility index (Phi) is 5.67. The molecule has 4 aromatic rings. The smallest absolute Gasteiger partial charge is 0.260 e. The van der Waals surface area contributed by atoms with E-state index in [1.807, 2.05) is 36.4 Å². The number of carbonyl (C=O) groups is 1. The molecule has 1 heterocycles. The summed E-state index contributed by atoms with van der Waals surface area (Å²) < 4.78 is 1.07. The number of aromatic nitrogens is 1. The van der Waals surface area contributed by atoms with Gasteiger partial charge in [0.05, 0.1) is 16.8 Å². The third-order valence-corrected chi connectivity index (χ3v) is 6.35. The molecule has 0 saturated heterocycles. The molecule has 3 nitrogen and oxygen atoms in total. The van der Waals surface area contributed by atoms with Gasteiger partial charge < -0.3 is 0 Å². The molecule has 0 radical (unpaired) electrons. The number of thioether (sulfide) groups is 1. The van der Waals surface area contributed by atoms with Crippen LogP contribution in [0, 0.1) is 0 Å². The number of halogens is 1. The molecule has 0 atom stereocenters. The van der Waals surface area contributed by atoms with Crippen molar-refractivity contribution in [1.82, 2.24) is 4.98 Å². The maximum atomic E-state index is 13.3. The van der Waals surface area contributed by atoms with Crippen molar-refractivity contribution in [1.29, 1.82) is 0 Å². The Morgan fingerprint density at radius 2 is 1.82 bits per heavy atom. The zero-order valence-electron chi connectivity index (χ0n) is 15.1. The first-order chi connectivity index (χ1) is 13.6. The van der Waals surface area contributed by atoms with Crippen LogP contribution in [0.5, 0.6) is 0 Å². The van der Waals surface area contributed by atoms with Crippen molar-refractivity contribution in [3.05, 3.63) is 88.9 Å². The summed E-state index contributed by atoms with van der Waals surface area (Å²) in [5.74, 6) is -0.0929. The van der Waals surface area contributed by atoms with Crippen molar-refractivity contribution in [2.75, 3.05) is 11.2 Å². The monoisotopic (exact) mass is 424 g/mol. The van der Waals surface area contributed by atoms with Gasteiger partial charge in [-0.25, -0.2) is 4.98 Å². The molecule has 140 valence electrons. The lowest BCUT2D eigenvalue weighted by atomic mass is 10.1.